The third kappa shape index (κ3) is 5.57. The normalized spacial score (nSPS) is 15.4. The monoisotopic (exact) mass is 471 g/mol. The summed E-state index contributed by atoms with van der Waals surface area (Å²) < 4.78 is 0. The summed E-state index contributed by atoms with van der Waals surface area (Å²) in [5.41, 5.74) is 6.24. The van der Waals surface area contributed by atoms with Crippen molar-refractivity contribution >= 4 is 29.3 Å². The number of hydrogen-bond acceptors (Lipinski definition) is 6. The van der Waals surface area contributed by atoms with E-state index in [0.717, 1.165) is 58.7 Å². The number of anilines is 1. The van der Waals surface area contributed by atoms with E-state index >= 15 is 0 Å². The average Bonchev–Trinajstić information content (AvgIpc) is 2.90. The largest absolute Gasteiger partial charge is 0.378 e. The Morgan fingerprint density at radius 2 is 1.71 bits per heavy atom. The molecule has 0 saturated carbocycles. The Kier molecular flexibility index (Phi) is 8.14. The molecular formula is C28H33N5S. The van der Waals surface area contributed by atoms with Crippen LogP contribution in [0.1, 0.15) is 38.3 Å². The van der Waals surface area contributed by atoms with Crippen LogP contribution in [-0.2, 0) is 0 Å². The zero-order valence-corrected chi connectivity index (χ0v) is 21.0. The first-order valence-electron chi connectivity index (χ1n) is 12.1. The molecule has 1 fully saturated rings. The van der Waals surface area contributed by atoms with Crippen molar-refractivity contribution in [2.45, 2.75) is 37.6 Å². The van der Waals surface area contributed by atoms with Gasteiger partial charge >= 0.3 is 0 Å². The van der Waals surface area contributed by atoms with Gasteiger partial charge in [0.05, 0.1) is 17.1 Å². The van der Waals surface area contributed by atoms with Gasteiger partial charge in [-0.15, -0.1) is 12.6 Å². The van der Waals surface area contributed by atoms with Crippen LogP contribution in [0.15, 0.2) is 78.2 Å². The number of benzene rings is 2. The second kappa shape index (κ2) is 11.4. The van der Waals surface area contributed by atoms with E-state index in [1.807, 2.05) is 44.4 Å². The van der Waals surface area contributed by atoms with E-state index in [-0.39, 0.29) is 6.04 Å². The molecular weight excluding hydrogens is 438 g/mol. The molecule has 0 bridgehead atoms. The van der Waals surface area contributed by atoms with Crippen molar-refractivity contribution in [1.82, 2.24) is 19.9 Å². The SMILES string of the molecule is CC.CN1CCC(C(Nc2cc(-c3ccc(S)cc3)c3nccnc3c2)c2cccnc2)CC1. The average molecular weight is 472 g/mol. The Labute approximate surface area is 208 Å². The van der Waals surface area contributed by atoms with Gasteiger partial charge in [0.2, 0.25) is 0 Å². The molecule has 1 atom stereocenters. The fourth-order valence-corrected chi connectivity index (χ4v) is 4.74. The zero-order valence-electron chi connectivity index (χ0n) is 20.1. The number of likely N-dealkylation sites (tertiary alicyclic amines) is 1. The van der Waals surface area contributed by atoms with Crippen molar-refractivity contribution in [2.75, 3.05) is 25.5 Å². The van der Waals surface area contributed by atoms with Crippen LogP contribution < -0.4 is 5.32 Å². The topological polar surface area (TPSA) is 53.9 Å². The Morgan fingerprint density at radius 1 is 0.971 bits per heavy atom. The molecule has 1 N–H and O–H groups in total. The molecule has 0 amide bonds. The number of nitrogens with one attached hydrogen (secondary N) is 1. The summed E-state index contributed by atoms with van der Waals surface area (Å²) in [4.78, 5) is 17.0. The highest BCUT2D eigenvalue weighted by Crippen LogP contribution is 2.36. The van der Waals surface area contributed by atoms with Gasteiger partial charge in [-0.1, -0.05) is 32.0 Å². The van der Waals surface area contributed by atoms with Gasteiger partial charge in [-0.3, -0.25) is 15.0 Å². The molecule has 34 heavy (non-hydrogen) atoms. The van der Waals surface area contributed by atoms with Gasteiger partial charge in [-0.25, -0.2) is 0 Å². The number of thiol groups is 1. The van der Waals surface area contributed by atoms with Crippen molar-refractivity contribution < 1.29 is 0 Å². The highest BCUT2D eigenvalue weighted by atomic mass is 32.1. The molecule has 5 rings (SSSR count). The molecule has 1 saturated heterocycles. The van der Waals surface area contributed by atoms with Crippen LogP contribution in [-0.4, -0.2) is 40.0 Å². The summed E-state index contributed by atoms with van der Waals surface area (Å²) in [6.07, 6.45) is 9.65. The van der Waals surface area contributed by atoms with E-state index in [1.165, 1.54) is 5.56 Å². The summed E-state index contributed by atoms with van der Waals surface area (Å²) in [6.45, 7) is 6.24. The number of hydrogen-bond donors (Lipinski definition) is 2. The van der Waals surface area contributed by atoms with E-state index in [9.17, 15) is 0 Å². The Bertz CT molecular complexity index is 1190. The summed E-state index contributed by atoms with van der Waals surface area (Å²) in [5.74, 6) is 0.542. The van der Waals surface area contributed by atoms with Crippen LogP contribution in [0.3, 0.4) is 0 Å². The van der Waals surface area contributed by atoms with Crippen LogP contribution in [0.5, 0.6) is 0 Å². The second-order valence-corrected chi connectivity index (χ2v) is 9.06. The lowest BCUT2D eigenvalue weighted by Crippen LogP contribution is -2.34. The minimum absolute atomic E-state index is 0.194. The van der Waals surface area contributed by atoms with Crippen LogP contribution in [0, 0.1) is 5.92 Å². The number of fused-ring (bicyclic) bond motifs is 1. The maximum atomic E-state index is 4.63. The summed E-state index contributed by atoms with van der Waals surface area (Å²) in [7, 11) is 2.20. The molecule has 2 aromatic carbocycles. The summed E-state index contributed by atoms with van der Waals surface area (Å²) in [5, 5.41) is 3.85. The molecule has 176 valence electrons. The minimum atomic E-state index is 0.194. The first-order chi connectivity index (χ1) is 16.7. The van der Waals surface area contributed by atoms with Crippen molar-refractivity contribution in [2.24, 2.45) is 5.92 Å². The number of pyridine rings is 1. The summed E-state index contributed by atoms with van der Waals surface area (Å²) >= 11 is 4.44. The van der Waals surface area contributed by atoms with Gasteiger partial charge in [-0.2, -0.15) is 0 Å². The van der Waals surface area contributed by atoms with Crippen molar-refractivity contribution in [1.29, 1.82) is 0 Å². The predicted molar refractivity (Wildman–Crippen MR) is 144 cm³/mol. The predicted octanol–water partition coefficient (Wildman–Crippen LogP) is 6.50. The van der Waals surface area contributed by atoms with Crippen LogP contribution >= 0.6 is 12.6 Å². The third-order valence-corrected chi connectivity index (χ3v) is 6.65. The molecule has 1 aliphatic heterocycles. The van der Waals surface area contributed by atoms with E-state index in [0.29, 0.717) is 5.92 Å². The molecule has 5 nitrogen and oxygen atoms in total. The third-order valence-electron chi connectivity index (χ3n) is 6.35. The first-order valence-corrected chi connectivity index (χ1v) is 12.5. The Hall–Kier alpha value is -2.96. The van der Waals surface area contributed by atoms with Crippen molar-refractivity contribution in [3.05, 3.63) is 78.9 Å². The van der Waals surface area contributed by atoms with Gasteiger partial charge in [0.1, 0.15) is 0 Å². The maximum absolute atomic E-state index is 4.63. The molecule has 3 heterocycles. The van der Waals surface area contributed by atoms with Gasteiger partial charge in [0.25, 0.3) is 0 Å². The minimum Gasteiger partial charge on any atom is -0.378 e. The molecule has 0 spiro atoms. The zero-order chi connectivity index (χ0) is 23.9. The van der Waals surface area contributed by atoms with Gasteiger partial charge in [-0.05, 0) is 80.4 Å². The number of aromatic nitrogens is 3. The maximum Gasteiger partial charge on any atom is 0.0966 e. The molecule has 1 unspecified atom stereocenters. The smallest absolute Gasteiger partial charge is 0.0966 e. The van der Waals surface area contributed by atoms with Gasteiger partial charge < -0.3 is 10.2 Å². The van der Waals surface area contributed by atoms with E-state index in [2.05, 4.69) is 75.2 Å². The number of rotatable bonds is 5. The first kappa shape index (κ1) is 24.2. The molecule has 4 aromatic rings. The highest BCUT2D eigenvalue weighted by molar-refractivity contribution is 7.80. The van der Waals surface area contributed by atoms with Gasteiger partial charge in [0.15, 0.2) is 0 Å². The Morgan fingerprint density at radius 3 is 2.41 bits per heavy atom. The lowest BCUT2D eigenvalue weighted by molar-refractivity contribution is 0.204. The fourth-order valence-electron chi connectivity index (χ4n) is 4.59. The van der Waals surface area contributed by atoms with Crippen LogP contribution in [0.4, 0.5) is 5.69 Å². The lowest BCUT2D eigenvalue weighted by atomic mass is 9.85. The molecule has 2 aromatic heterocycles. The van der Waals surface area contributed by atoms with Crippen LogP contribution in [0.2, 0.25) is 0 Å². The lowest BCUT2D eigenvalue weighted by Gasteiger charge is -2.35. The quantitative estimate of drug-likeness (QED) is 0.325. The van der Waals surface area contributed by atoms with Crippen molar-refractivity contribution in [3.8, 4) is 11.1 Å². The van der Waals surface area contributed by atoms with Gasteiger partial charge in [0, 0.05) is 40.9 Å². The highest BCUT2D eigenvalue weighted by Gasteiger charge is 2.27. The number of nitrogens with zero attached hydrogens (tertiary/aromatic N) is 4. The molecule has 0 radical (unpaired) electrons. The number of piperidine rings is 1. The van der Waals surface area contributed by atoms with Crippen LogP contribution in [0.25, 0.3) is 22.2 Å². The fraction of sp³-hybridized carbons (Fsp3) is 0.321. The van der Waals surface area contributed by atoms with E-state index in [4.69, 9.17) is 0 Å². The summed E-state index contributed by atoms with van der Waals surface area (Å²) in [6, 6.07) is 16.9. The molecule has 6 heteroatoms. The van der Waals surface area contributed by atoms with E-state index < -0.39 is 0 Å². The second-order valence-electron chi connectivity index (χ2n) is 8.54. The molecule has 1 aliphatic rings. The van der Waals surface area contributed by atoms with Crippen molar-refractivity contribution in [3.63, 3.8) is 0 Å². The van der Waals surface area contributed by atoms with E-state index in [1.54, 1.807) is 12.4 Å². The molecule has 0 aliphatic carbocycles. The Balaban J connectivity index is 0.00000133. The standard InChI is InChI=1S/C26H27N5S.C2H6/c1-31-13-8-19(9-14-31)25(20-3-2-10-27-17-20)30-21-15-23(18-4-6-22(32)7-5-18)26-24(16-21)28-11-12-29-26;1-2/h2-7,10-12,15-17,19,25,30,32H,8-9,13-14H2,1H3;1-2H3.